The normalized spacial score (nSPS) is 17.5. The van der Waals surface area contributed by atoms with E-state index >= 15 is 0 Å². The van der Waals surface area contributed by atoms with Crippen molar-refractivity contribution in [2.75, 3.05) is 31.5 Å². The second kappa shape index (κ2) is 9.91. The van der Waals surface area contributed by atoms with Gasteiger partial charge in [0.25, 0.3) is 5.91 Å². The smallest absolute Gasteiger partial charge is 0.279 e. The molecule has 1 aromatic carbocycles. The molecule has 3 nitrogen and oxygen atoms in total. The molecular weight excluding hydrogens is 361 g/mol. The van der Waals surface area contributed by atoms with E-state index in [9.17, 15) is 4.79 Å². The zero-order chi connectivity index (χ0) is 16.0. The fraction of sp³-hybridized carbons (Fsp3) is 0.632. The van der Waals surface area contributed by atoms with Crippen LogP contribution in [0.3, 0.4) is 0 Å². The standard InChI is InChI=1S/C19H30N2O.Y/c1-4-21(13-8-6-5-7-9-14-21)15-18(22)20-19-16(2)11-10-12-17(19)3;/h10-12H,4-9,13-15H2,1-3H3;/p+1. The van der Waals surface area contributed by atoms with Crippen LogP contribution in [0.2, 0.25) is 0 Å². The molecule has 4 heteroatoms. The summed E-state index contributed by atoms with van der Waals surface area (Å²) in [4.78, 5) is 12.6. The molecule has 1 amide bonds. The van der Waals surface area contributed by atoms with Gasteiger partial charge in [-0.15, -0.1) is 0 Å². The molecule has 23 heavy (non-hydrogen) atoms. The number of nitrogens with zero attached hydrogens (tertiary/aromatic N) is 1. The van der Waals surface area contributed by atoms with E-state index in [1.807, 2.05) is 6.07 Å². The fourth-order valence-corrected chi connectivity index (χ4v) is 3.62. The number of anilines is 1. The molecule has 1 radical (unpaired) electrons. The molecule has 0 aromatic heterocycles. The number of benzene rings is 1. The number of para-hydroxylation sites is 1. The van der Waals surface area contributed by atoms with Crippen molar-refractivity contribution in [3.8, 4) is 0 Å². The van der Waals surface area contributed by atoms with Gasteiger partial charge in [-0.1, -0.05) is 24.6 Å². The summed E-state index contributed by atoms with van der Waals surface area (Å²) in [5.74, 6) is 0.167. The van der Waals surface area contributed by atoms with E-state index in [1.165, 1.54) is 32.1 Å². The van der Waals surface area contributed by atoms with Crippen LogP contribution in [0.15, 0.2) is 18.2 Å². The van der Waals surface area contributed by atoms with Gasteiger partial charge in [-0.2, -0.15) is 0 Å². The van der Waals surface area contributed by atoms with Crippen LogP contribution < -0.4 is 5.32 Å². The Balaban J connectivity index is 0.00000264. The van der Waals surface area contributed by atoms with Gasteiger partial charge in [0.05, 0.1) is 19.6 Å². The summed E-state index contributed by atoms with van der Waals surface area (Å²) in [6.45, 7) is 10.3. The third-order valence-corrected chi connectivity index (χ3v) is 5.16. The summed E-state index contributed by atoms with van der Waals surface area (Å²) in [6.07, 6.45) is 6.50. The van der Waals surface area contributed by atoms with Crippen molar-refractivity contribution in [1.29, 1.82) is 0 Å². The van der Waals surface area contributed by atoms with Crippen LogP contribution in [0.1, 0.15) is 50.2 Å². The van der Waals surface area contributed by atoms with Gasteiger partial charge < -0.3 is 9.80 Å². The number of carbonyl (C=O) groups is 1. The van der Waals surface area contributed by atoms with Crippen LogP contribution in [-0.4, -0.2) is 36.6 Å². The van der Waals surface area contributed by atoms with Crippen molar-refractivity contribution >= 4 is 11.6 Å². The van der Waals surface area contributed by atoms with Gasteiger partial charge in [-0.05, 0) is 57.6 Å². The first kappa shape index (κ1) is 20.8. The molecule has 0 unspecified atom stereocenters. The monoisotopic (exact) mass is 392 g/mol. The number of rotatable bonds is 4. The third-order valence-electron chi connectivity index (χ3n) is 5.16. The summed E-state index contributed by atoms with van der Waals surface area (Å²) in [5.41, 5.74) is 3.28. The maximum absolute atomic E-state index is 12.6. The Kier molecular flexibility index (Phi) is 8.96. The van der Waals surface area contributed by atoms with Crippen molar-refractivity contribution in [2.24, 2.45) is 0 Å². The van der Waals surface area contributed by atoms with E-state index in [1.54, 1.807) is 0 Å². The minimum absolute atomic E-state index is 0. The topological polar surface area (TPSA) is 29.1 Å². The number of likely N-dealkylation sites (tertiary alicyclic amines) is 1. The molecule has 0 bridgehead atoms. The number of hydrogen-bond acceptors (Lipinski definition) is 1. The molecule has 1 aliphatic rings. The molecule has 1 aliphatic heterocycles. The summed E-state index contributed by atoms with van der Waals surface area (Å²) in [7, 11) is 0. The van der Waals surface area contributed by atoms with E-state index in [4.69, 9.17) is 0 Å². The first-order valence-corrected chi connectivity index (χ1v) is 8.77. The van der Waals surface area contributed by atoms with Gasteiger partial charge >= 0.3 is 0 Å². The van der Waals surface area contributed by atoms with Crippen LogP contribution in [0.4, 0.5) is 5.69 Å². The molecule has 2 rings (SSSR count). The predicted octanol–water partition coefficient (Wildman–Crippen LogP) is 4.04. The second-order valence-electron chi connectivity index (χ2n) is 6.85. The van der Waals surface area contributed by atoms with Crippen LogP contribution in [-0.2, 0) is 37.5 Å². The number of quaternary nitrogens is 1. The van der Waals surface area contributed by atoms with Gasteiger partial charge in [0.1, 0.15) is 0 Å². The van der Waals surface area contributed by atoms with Crippen LogP contribution in [0.5, 0.6) is 0 Å². The number of nitrogens with one attached hydrogen (secondary N) is 1. The van der Waals surface area contributed by atoms with Gasteiger partial charge in [0.2, 0.25) is 0 Å². The second-order valence-corrected chi connectivity index (χ2v) is 6.85. The minimum Gasteiger partial charge on any atom is -0.321 e. The molecular formula is C19H31N2OY+. The molecule has 125 valence electrons. The predicted molar refractivity (Wildman–Crippen MR) is 93.0 cm³/mol. The SMILES string of the molecule is CC[N+]1(CC(=O)Nc2c(C)cccc2C)CCCCCCC1.[Y]. The van der Waals surface area contributed by atoms with E-state index in [2.05, 4.69) is 38.2 Å². The Morgan fingerprint density at radius 2 is 1.57 bits per heavy atom. The van der Waals surface area contributed by atoms with Crippen LogP contribution >= 0.6 is 0 Å². The molecule has 0 atom stereocenters. The largest absolute Gasteiger partial charge is 0.321 e. The van der Waals surface area contributed by atoms with Gasteiger partial charge in [0, 0.05) is 38.4 Å². The molecule has 0 aliphatic carbocycles. The molecule has 1 aromatic rings. The fourth-order valence-electron chi connectivity index (χ4n) is 3.62. The number of likely N-dealkylation sites (N-methyl/N-ethyl adjacent to an activating group) is 1. The van der Waals surface area contributed by atoms with E-state index < -0.39 is 0 Å². The summed E-state index contributed by atoms with van der Waals surface area (Å²) in [5, 5.41) is 3.17. The molecule has 0 saturated carbocycles. The number of carbonyl (C=O) groups excluding carboxylic acids is 1. The van der Waals surface area contributed by atoms with Crippen LogP contribution in [0, 0.1) is 13.8 Å². The molecule has 1 N–H and O–H groups in total. The van der Waals surface area contributed by atoms with Crippen molar-refractivity contribution in [3.05, 3.63) is 29.3 Å². The van der Waals surface area contributed by atoms with Crippen molar-refractivity contribution in [3.63, 3.8) is 0 Å². The maximum atomic E-state index is 12.6. The average Bonchev–Trinajstić information content (AvgIpc) is 2.46. The van der Waals surface area contributed by atoms with Gasteiger partial charge in [-0.3, -0.25) is 4.79 Å². The van der Waals surface area contributed by atoms with Crippen LogP contribution in [0.25, 0.3) is 0 Å². The average molecular weight is 392 g/mol. The Labute approximate surface area is 166 Å². The van der Waals surface area contributed by atoms with E-state index in [0.29, 0.717) is 6.54 Å². The zero-order valence-corrected chi connectivity index (χ0v) is 17.9. The Morgan fingerprint density at radius 3 is 2.09 bits per heavy atom. The quantitative estimate of drug-likeness (QED) is 0.770. The molecule has 0 spiro atoms. The van der Waals surface area contributed by atoms with Gasteiger partial charge in [0.15, 0.2) is 6.54 Å². The first-order chi connectivity index (χ1) is 10.6. The zero-order valence-electron chi connectivity index (χ0n) is 15.0. The molecule has 1 fully saturated rings. The van der Waals surface area contributed by atoms with Crippen molar-refractivity contribution in [2.45, 2.75) is 52.9 Å². The number of amides is 1. The Bertz CT molecular complexity index is 488. The molecule has 1 heterocycles. The summed E-state index contributed by atoms with van der Waals surface area (Å²) < 4.78 is 0.955. The number of aryl methyl sites for hydroxylation is 2. The maximum Gasteiger partial charge on any atom is 0.279 e. The first-order valence-electron chi connectivity index (χ1n) is 8.77. The Hall–Kier alpha value is -0.246. The summed E-state index contributed by atoms with van der Waals surface area (Å²) in [6, 6.07) is 6.16. The third kappa shape index (κ3) is 5.96. The minimum atomic E-state index is 0. The van der Waals surface area contributed by atoms with Crippen molar-refractivity contribution in [1.82, 2.24) is 0 Å². The van der Waals surface area contributed by atoms with Gasteiger partial charge in [-0.25, -0.2) is 0 Å². The van der Waals surface area contributed by atoms with E-state index in [0.717, 1.165) is 40.9 Å². The van der Waals surface area contributed by atoms with Crippen molar-refractivity contribution < 1.29 is 42.0 Å². The molecule has 1 saturated heterocycles. The number of hydrogen-bond donors (Lipinski definition) is 1. The summed E-state index contributed by atoms with van der Waals surface area (Å²) >= 11 is 0. The Morgan fingerprint density at radius 1 is 1.04 bits per heavy atom. The van der Waals surface area contributed by atoms with E-state index in [-0.39, 0.29) is 38.6 Å².